The van der Waals surface area contributed by atoms with Gasteiger partial charge in [-0.3, -0.25) is 4.79 Å². The Bertz CT molecular complexity index is 283. The molecule has 0 radical (unpaired) electrons. The Morgan fingerprint density at radius 2 is 2.18 bits per heavy atom. The zero-order chi connectivity index (χ0) is 12.8. The maximum Gasteiger partial charge on any atom is 0.327 e. The third-order valence-electron chi connectivity index (χ3n) is 3.06. The van der Waals surface area contributed by atoms with E-state index in [4.69, 9.17) is 5.11 Å². The smallest absolute Gasteiger partial charge is 0.327 e. The molecule has 0 spiro atoms. The molecule has 0 aromatic carbocycles. The van der Waals surface area contributed by atoms with Crippen LogP contribution in [0.2, 0.25) is 0 Å². The van der Waals surface area contributed by atoms with Crippen LogP contribution in [0.4, 0.5) is 0 Å². The second-order valence-electron chi connectivity index (χ2n) is 4.82. The number of thioether (sulfide) groups is 1. The first-order valence-corrected chi connectivity index (χ1v) is 7.15. The number of hydrogen-bond acceptors (Lipinski definition) is 3. The largest absolute Gasteiger partial charge is 0.480 e. The van der Waals surface area contributed by atoms with Crippen LogP contribution in [0.25, 0.3) is 0 Å². The summed E-state index contributed by atoms with van der Waals surface area (Å²) in [6.45, 7) is 3.60. The first kappa shape index (κ1) is 14.4. The number of hydrogen-bond donors (Lipinski definition) is 2. The van der Waals surface area contributed by atoms with Gasteiger partial charge in [-0.1, -0.05) is 19.8 Å². The van der Waals surface area contributed by atoms with E-state index in [1.165, 1.54) is 26.2 Å². The van der Waals surface area contributed by atoms with E-state index in [-0.39, 0.29) is 5.91 Å². The van der Waals surface area contributed by atoms with Gasteiger partial charge in [-0.25, -0.2) is 4.79 Å². The molecule has 1 fully saturated rings. The van der Waals surface area contributed by atoms with Crippen molar-refractivity contribution >= 4 is 23.6 Å². The van der Waals surface area contributed by atoms with Gasteiger partial charge in [0.15, 0.2) is 0 Å². The zero-order valence-electron chi connectivity index (χ0n) is 10.4. The molecule has 3 atom stereocenters. The summed E-state index contributed by atoms with van der Waals surface area (Å²) in [4.78, 5) is 21.8. The molecule has 1 aliphatic carbocycles. The fourth-order valence-electron chi connectivity index (χ4n) is 2.18. The Labute approximate surface area is 107 Å². The minimum absolute atomic E-state index is 0.282. The molecule has 4 nitrogen and oxygen atoms in total. The third-order valence-corrected chi connectivity index (χ3v) is 4.49. The van der Waals surface area contributed by atoms with Crippen molar-refractivity contribution in [1.29, 1.82) is 0 Å². The Kier molecular flexibility index (Phi) is 5.82. The van der Waals surface area contributed by atoms with Crippen molar-refractivity contribution in [3.8, 4) is 0 Å². The van der Waals surface area contributed by atoms with Gasteiger partial charge in [-0.05, 0) is 18.8 Å². The molecular weight excluding hydrogens is 238 g/mol. The predicted molar refractivity (Wildman–Crippen MR) is 69.1 cm³/mol. The number of carboxylic acid groups (broad SMARTS) is 1. The van der Waals surface area contributed by atoms with Crippen molar-refractivity contribution in [3.05, 3.63) is 0 Å². The van der Waals surface area contributed by atoms with Crippen molar-refractivity contribution < 1.29 is 14.7 Å². The number of carbonyl (C=O) groups excluding carboxylic acids is 1. The summed E-state index contributed by atoms with van der Waals surface area (Å²) < 4.78 is 0. The fraction of sp³-hybridized carbons (Fsp3) is 0.833. The summed E-state index contributed by atoms with van der Waals surface area (Å²) in [5, 5.41) is 12.0. The number of amides is 1. The summed E-state index contributed by atoms with van der Waals surface area (Å²) >= 11 is 1.68. The number of aliphatic carboxylic acids is 1. The normalized spacial score (nSPS) is 26.2. The van der Waals surface area contributed by atoms with E-state index in [1.54, 1.807) is 11.8 Å². The molecule has 2 N–H and O–H groups in total. The molecule has 0 saturated heterocycles. The van der Waals surface area contributed by atoms with Gasteiger partial charge in [-0.2, -0.15) is 11.8 Å². The van der Waals surface area contributed by atoms with Crippen molar-refractivity contribution in [3.63, 3.8) is 0 Å². The second-order valence-corrected chi connectivity index (χ2v) is 6.15. The van der Waals surface area contributed by atoms with Gasteiger partial charge in [0.25, 0.3) is 0 Å². The maximum atomic E-state index is 10.9. The fourth-order valence-corrected chi connectivity index (χ4v) is 3.67. The molecule has 0 aromatic heterocycles. The molecule has 5 heteroatoms. The van der Waals surface area contributed by atoms with Crippen LogP contribution in [-0.2, 0) is 9.59 Å². The molecule has 0 aliphatic heterocycles. The Morgan fingerprint density at radius 3 is 2.71 bits per heavy atom. The van der Waals surface area contributed by atoms with Crippen LogP contribution in [0.15, 0.2) is 0 Å². The highest BCUT2D eigenvalue weighted by molar-refractivity contribution is 7.99. The number of nitrogens with one attached hydrogen (secondary N) is 1. The molecule has 1 amide bonds. The van der Waals surface area contributed by atoms with Crippen LogP contribution in [0.5, 0.6) is 0 Å². The Morgan fingerprint density at radius 1 is 1.47 bits per heavy atom. The van der Waals surface area contributed by atoms with E-state index in [1.807, 2.05) is 0 Å². The molecule has 2 unspecified atom stereocenters. The van der Waals surface area contributed by atoms with E-state index < -0.39 is 12.0 Å². The molecular formula is C12H21NO3S. The Hall–Kier alpha value is -0.710. The average molecular weight is 259 g/mol. The lowest BCUT2D eigenvalue weighted by atomic mass is 9.91. The van der Waals surface area contributed by atoms with Crippen LogP contribution >= 0.6 is 11.8 Å². The molecule has 0 bridgehead atoms. The standard InChI is InChI=1S/C12H21NO3S/c1-8-4-3-5-10(6-8)17-7-11(12(15)16)13-9(2)14/h8,10-11H,3-7H2,1-2H3,(H,13,14)(H,15,16)/t8?,10?,11-/m0/s1. The molecule has 0 heterocycles. The summed E-state index contributed by atoms with van der Waals surface area (Å²) in [7, 11) is 0. The van der Waals surface area contributed by atoms with Crippen LogP contribution in [-0.4, -0.2) is 34.0 Å². The van der Waals surface area contributed by atoms with Gasteiger partial charge >= 0.3 is 5.97 Å². The van der Waals surface area contributed by atoms with E-state index in [9.17, 15) is 9.59 Å². The Balaban J connectivity index is 2.35. The minimum Gasteiger partial charge on any atom is -0.480 e. The zero-order valence-corrected chi connectivity index (χ0v) is 11.3. The molecule has 17 heavy (non-hydrogen) atoms. The summed E-state index contributed by atoms with van der Waals surface area (Å²) in [5.41, 5.74) is 0. The van der Waals surface area contributed by atoms with Crippen LogP contribution < -0.4 is 5.32 Å². The van der Waals surface area contributed by atoms with Gasteiger partial charge < -0.3 is 10.4 Å². The highest BCUT2D eigenvalue weighted by Gasteiger charge is 2.23. The lowest BCUT2D eigenvalue weighted by Gasteiger charge is -2.27. The van der Waals surface area contributed by atoms with E-state index in [0.29, 0.717) is 11.0 Å². The van der Waals surface area contributed by atoms with Crippen molar-refractivity contribution in [1.82, 2.24) is 5.32 Å². The maximum absolute atomic E-state index is 10.9. The van der Waals surface area contributed by atoms with Gasteiger partial charge in [0.1, 0.15) is 6.04 Å². The molecule has 1 saturated carbocycles. The second kappa shape index (κ2) is 6.89. The summed E-state index contributed by atoms with van der Waals surface area (Å²) in [6, 6.07) is -0.755. The van der Waals surface area contributed by atoms with Gasteiger partial charge in [0, 0.05) is 17.9 Å². The quantitative estimate of drug-likeness (QED) is 0.791. The lowest BCUT2D eigenvalue weighted by molar-refractivity contribution is -0.140. The van der Waals surface area contributed by atoms with Crippen LogP contribution in [0.1, 0.15) is 39.5 Å². The molecule has 1 aliphatic rings. The topological polar surface area (TPSA) is 66.4 Å². The molecule has 1 rings (SSSR count). The monoisotopic (exact) mass is 259 g/mol. The van der Waals surface area contributed by atoms with Crippen molar-refractivity contribution in [2.45, 2.75) is 50.8 Å². The predicted octanol–water partition coefficient (Wildman–Crippen LogP) is 1.89. The van der Waals surface area contributed by atoms with Gasteiger partial charge in [0.2, 0.25) is 5.91 Å². The highest BCUT2D eigenvalue weighted by atomic mass is 32.2. The third kappa shape index (κ3) is 5.44. The van der Waals surface area contributed by atoms with Crippen molar-refractivity contribution in [2.75, 3.05) is 5.75 Å². The molecule has 0 aromatic rings. The first-order chi connectivity index (χ1) is 7.99. The highest BCUT2D eigenvalue weighted by Crippen LogP contribution is 2.32. The molecule has 98 valence electrons. The van der Waals surface area contributed by atoms with Crippen molar-refractivity contribution in [2.24, 2.45) is 5.92 Å². The average Bonchev–Trinajstić information content (AvgIpc) is 2.23. The minimum atomic E-state index is -0.948. The summed E-state index contributed by atoms with van der Waals surface area (Å²) in [6.07, 6.45) is 4.85. The number of carbonyl (C=O) groups is 2. The lowest BCUT2D eigenvalue weighted by Crippen LogP contribution is -2.42. The van der Waals surface area contributed by atoms with Crippen LogP contribution in [0.3, 0.4) is 0 Å². The van der Waals surface area contributed by atoms with E-state index in [2.05, 4.69) is 12.2 Å². The van der Waals surface area contributed by atoms with Gasteiger partial charge in [-0.15, -0.1) is 0 Å². The van der Waals surface area contributed by atoms with Gasteiger partial charge in [0.05, 0.1) is 0 Å². The summed E-state index contributed by atoms with van der Waals surface area (Å²) in [5.74, 6) is -0.0244. The first-order valence-electron chi connectivity index (χ1n) is 6.10. The number of rotatable bonds is 5. The van der Waals surface area contributed by atoms with E-state index in [0.717, 1.165) is 12.3 Å². The van der Waals surface area contributed by atoms with E-state index >= 15 is 0 Å². The number of carboxylic acids is 1. The van der Waals surface area contributed by atoms with Crippen LogP contribution in [0, 0.1) is 5.92 Å². The SMILES string of the molecule is CC(=O)N[C@@H](CSC1CCCC(C)C1)C(=O)O.